The number of hydrogen-bond donors (Lipinski definition) is 2. The molecule has 1 aliphatic heterocycles. The second kappa shape index (κ2) is 13.2. The van der Waals surface area contributed by atoms with Crippen LogP contribution in [0.3, 0.4) is 0 Å². The van der Waals surface area contributed by atoms with Crippen LogP contribution in [-0.2, 0) is 12.8 Å². The number of benzene rings is 5. The summed E-state index contributed by atoms with van der Waals surface area (Å²) in [5.41, 5.74) is 31.5. The Morgan fingerprint density at radius 3 is 2.49 bits per heavy atom. The molecule has 6 aromatic rings. The first-order chi connectivity index (χ1) is 26.9. The molecule has 10 rings (SSSR count). The lowest BCUT2D eigenvalue weighted by atomic mass is 9.57. The van der Waals surface area contributed by atoms with Crippen molar-refractivity contribution < 1.29 is 0 Å². The molecule has 0 amide bonds. The van der Waals surface area contributed by atoms with Crippen LogP contribution in [0.1, 0.15) is 65.3 Å². The lowest BCUT2D eigenvalue weighted by molar-refractivity contribution is 0.890. The average molecular weight is 710 g/mol. The molecule has 4 heteroatoms. The topological polar surface area (TPSA) is 45.1 Å². The van der Waals surface area contributed by atoms with Crippen LogP contribution < -0.4 is 16.1 Å². The highest BCUT2D eigenvalue weighted by Crippen LogP contribution is 2.49. The molecule has 0 fully saturated rings. The molecule has 55 heavy (non-hydrogen) atoms. The van der Waals surface area contributed by atoms with Crippen LogP contribution in [0.25, 0.3) is 50.4 Å². The second-order valence-electron chi connectivity index (χ2n) is 15.7. The zero-order valence-corrected chi connectivity index (χ0v) is 31.7. The smallest absolute Gasteiger partial charge is 0.192 e. The lowest BCUT2D eigenvalue weighted by Crippen LogP contribution is -2.35. The van der Waals surface area contributed by atoms with Crippen LogP contribution in [0.15, 0.2) is 151 Å². The monoisotopic (exact) mass is 709 g/mol. The number of aryl methyl sites for hydroxylation is 2. The standard InChI is InChI=1S/C51H44BN3/c1-31-26-43-42-30-39(53)21-24-45(42)54-51(43)44(27-31)49-48-38(28-37-16-10-11-17-41(37)48)29-47-50(49)52-33(3)46(25-18-32(2)34-12-6-4-7-13-34)55(47)40-22-19-36(20-23-40)35-14-8-5-9-15-35/h4,6-8,10-20,22-23,25-27,29-30,52,54H,2,5,9,21,24,28,53H2,1,3H3/b25-18-. The van der Waals surface area contributed by atoms with Gasteiger partial charge in [-0.3, -0.25) is 0 Å². The first-order valence-corrected chi connectivity index (χ1v) is 19.7. The van der Waals surface area contributed by atoms with E-state index >= 15 is 0 Å². The van der Waals surface area contributed by atoms with Gasteiger partial charge in [0.25, 0.3) is 0 Å². The summed E-state index contributed by atoms with van der Waals surface area (Å²) in [5.74, 6) is 0. The second-order valence-corrected chi connectivity index (χ2v) is 15.7. The molecule has 1 aromatic heterocycles. The minimum atomic E-state index is 0.840. The third-order valence-electron chi connectivity index (χ3n) is 12.0. The van der Waals surface area contributed by atoms with Gasteiger partial charge in [-0.15, -0.1) is 0 Å². The summed E-state index contributed by atoms with van der Waals surface area (Å²) in [4.78, 5) is 6.46. The fourth-order valence-electron chi connectivity index (χ4n) is 9.34. The van der Waals surface area contributed by atoms with Crippen LogP contribution in [-0.4, -0.2) is 12.3 Å². The summed E-state index contributed by atoms with van der Waals surface area (Å²) in [5, 5.41) is 1.26. The molecular formula is C51H44BN3. The number of nitrogens with one attached hydrogen (secondary N) is 1. The van der Waals surface area contributed by atoms with Gasteiger partial charge in [0, 0.05) is 45.0 Å². The van der Waals surface area contributed by atoms with Crippen molar-refractivity contribution >= 4 is 52.2 Å². The number of allylic oxidation sites excluding steroid dienone is 9. The zero-order chi connectivity index (χ0) is 37.2. The molecule has 4 aliphatic rings. The maximum absolute atomic E-state index is 6.45. The number of hydrogen-bond acceptors (Lipinski definition) is 2. The fourth-order valence-corrected chi connectivity index (χ4v) is 9.34. The Morgan fingerprint density at radius 2 is 1.67 bits per heavy atom. The molecule has 0 atom stereocenters. The highest BCUT2D eigenvalue weighted by molar-refractivity contribution is 6.66. The van der Waals surface area contributed by atoms with Gasteiger partial charge in [-0.1, -0.05) is 103 Å². The minimum Gasteiger partial charge on any atom is -0.402 e. The van der Waals surface area contributed by atoms with Crippen LogP contribution in [0.2, 0.25) is 0 Å². The third kappa shape index (κ3) is 5.67. The highest BCUT2D eigenvalue weighted by Gasteiger charge is 2.34. The van der Waals surface area contributed by atoms with Crippen molar-refractivity contribution in [1.29, 1.82) is 0 Å². The van der Waals surface area contributed by atoms with E-state index in [4.69, 9.17) is 5.73 Å². The van der Waals surface area contributed by atoms with Gasteiger partial charge in [0.15, 0.2) is 7.28 Å². The molecule has 0 bridgehead atoms. The van der Waals surface area contributed by atoms with E-state index in [1.165, 1.54) is 94.6 Å². The molecule has 3 N–H and O–H groups in total. The predicted octanol–water partition coefficient (Wildman–Crippen LogP) is 11.4. The van der Waals surface area contributed by atoms with Crippen molar-refractivity contribution in [2.24, 2.45) is 5.73 Å². The Balaban J connectivity index is 1.22. The van der Waals surface area contributed by atoms with Crippen molar-refractivity contribution in [1.82, 2.24) is 4.98 Å². The summed E-state index contributed by atoms with van der Waals surface area (Å²) in [6, 6.07) is 35.9. The maximum atomic E-state index is 6.45. The minimum absolute atomic E-state index is 0.840. The van der Waals surface area contributed by atoms with Gasteiger partial charge in [0.2, 0.25) is 0 Å². The highest BCUT2D eigenvalue weighted by atomic mass is 15.2. The summed E-state index contributed by atoms with van der Waals surface area (Å²) in [7, 11) is 0.840. The fraction of sp³-hybridized carbons (Fsp3) is 0.137. The van der Waals surface area contributed by atoms with Crippen LogP contribution >= 0.6 is 0 Å². The average Bonchev–Trinajstić information content (AvgIpc) is 3.77. The van der Waals surface area contributed by atoms with Crippen molar-refractivity contribution in [3.63, 3.8) is 0 Å². The van der Waals surface area contributed by atoms with E-state index in [1.54, 1.807) is 0 Å². The number of fused-ring (bicyclic) bond motifs is 7. The molecular weight excluding hydrogens is 665 g/mol. The molecule has 0 saturated carbocycles. The number of nitrogens with zero attached hydrogens (tertiary/aromatic N) is 1. The number of nitrogens with two attached hydrogens (primary N) is 1. The van der Waals surface area contributed by atoms with Gasteiger partial charge in [-0.2, -0.15) is 0 Å². The van der Waals surface area contributed by atoms with E-state index in [0.717, 1.165) is 61.9 Å². The Morgan fingerprint density at radius 1 is 0.855 bits per heavy atom. The zero-order valence-electron chi connectivity index (χ0n) is 31.7. The van der Waals surface area contributed by atoms with Crippen molar-refractivity contribution in [3.8, 4) is 22.3 Å². The summed E-state index contributed by atoms with van der Waals surface area (Å²) in [6.45, 7) is 9.02. The van der Waals surface area contributed by atoms with E-state index in [-0.39, 0.29) is 0 Å². The molecule has 3 nitrogen and oxygen atoms in total. The molecule has 0 radical (unpaired) electrons. The SMILES string of the molecule is C=C(/C=C\C1=C(C)Bc2c(cc3c(c2-c2cc(C)cc4c5c([nH]c24)CCC(N)=C5)-c2ccccc2C3)N1c1ccc(C2=CCCC=C2)cc1)c1ccccc1. The van der Waals surface area contributed by atoms with Crippen molar-refractivity contribution in [3.05, 3.63) is 190 Å². The van der Waals surface area contributed by atoms with Gasteiger partial charge >= 0.3 is 0 Å². The van der Waals surface area contributed by atoms with E-state index < -0.39 is 0 Å². The molecule has 5 aromatic carbocycles. The number of anilines is 2. The Hall–Kier alpha value is -6.26. The molecule has 3 aliphatic carbocycles. The van der Waals surface area contributed by atoms with E-state index in [1.807, 2.05) is 0 Å². The van der Waals surface area contributed by atoms with E-state index in [2.05, 4.69) is 164 Å². The number of H-pyrrole nitrogens is 1. The van der Waals surface area contributed by atoms with E-state index in [0.29, 0.717) is 0 Å². The van der Waals surface area contributed by atoms with Crippen molar-refractivity contribution in [2.75, 3.05) is 4.90 Å². The van der Waals surface area contributed by atoms with Crippen LogP contribution in [0.5, 0.6) is 0 Å². The molecule has 2 heterocycles. The van der Waals surface area contributed by atoms with Gasteiger partial charge < -0.3 is 15.6 Å². The van der Waals surface area contributed by atoms with Gasteiger partial charge in [-0.05, 0) is 150 Å². The van der Waals surface area contributed by atoms with E-state index in [9.17, 15) is 0 Å². The predicted molar refractivity (Wildman–Crippen MR) is 236 cm³/mol. The summed E-state index contributed by atoms with van der Waals surface area (Å²) in [6.07, 6.45) is 18.5. The Bertz CT molecular complexity index is 2730. The summed E-state index contributed by atoms with van der Waals surface area (Å²) >= 11 is 0. The normalized spacial score (nSPS) is 15.7. The van der Waals surface area contributed by atoms with Crippen molar-refractivity contribution in [2.45, 2.75) is 46.0 Å². The Kier molecular flexibility index (Phi) is 8.03. The van der Waals surface area contributed by atoms with Crippen LogP contribution in [0.4, 0.5) is 11.4 Å². The maximum Gasteiger partial charge on any atom is 0.192 e. The van der Waals surface area contributed by atoms with Gasteiger partial charge in [0.05, 0.1) is 5.52 Å². The molecule has 0 saturated heterocycles. The number of aromatic amines is 1. The quantitative estimate of drug-likeness (QED) is 0.133. The van der Waals surface area contributed by atoms with Crippen LogP contribution in [0, 0.1) is 6.92 Å². The molecule has 0 unspecified atom stereocenters. The van der Waals surface area contributed by atoms with Gasteiger partial charge in [0.1, 0.15) is 0 Å². The van der Waals surface area contributed by atoms with Gasteiger partial charge in [-0.25, -0.2) is 0 Å². The first kappa shape index (κ1) is 33.3. The third-order valence-corrected chi connectivity index (χ3v) is 12.0. The first-order valence-electron chi connectivity index (χ1n) is 19.7. The largest absolute Gasteiger partial charge is 0.402 e. The lowest BCUT2D eigenvalue weighted by Gasteiger charge is -2.36. The summed E-state index contributed by atoms with van der Waals surface area (Å²) < 4.78 is 0. The number of aromatic nitrogens is 1. The number of rotatable bonds is 6. The molecule has 266 valence electrons. The molecule has 0 spiro atoms. The Labute approximate surface area is 324 Å².